The lowest BCUT2D eigenvalue weighted by atomic mass is 9.97. The van der Waals surface area contributed by atoms with E-state index in [1.54, 1.807) is 6.07 Å². The van der Waals surface area contributed by atoms with E-state index in [0.29, 0.717) is 0 Å². The van der Waals surface area contributed by atoms with Crippen molar-refractivity contribution >= 4 is 11.6 Å². The van der Waals surface area contributed by atoms with E-state index in [1.807, 2.05) is 61.5 Å². The Bertz CT molecular complexity index is 922. The summed E-state index contributed by atoms with van der Waals surface area (Å²) in [5.41, 5.74) is 3.16. The number of rotatable bonds is 5. The second-order valence-corrected chi connectivity index (χ2v) is 6.04. The number of nitro groups is 1. The summed E-state index contributed by atoms with van der Waals surface area (Å²) in [6.45, 7) is 2.00. The Kier molecular flexibility index (Phi) is 5.08. The van der Waals surface area contributed by atoms with Crippen molar-refractivity contribution in [3.63, 3.8) is 0 Å². The first-order chi connectivity index (χ1) is 12.5. The zero-order valence-electron chi connectivity index (χ0n) is 14.3. The quantitative estimate of drug-likeness (QED) is 0.549. The second-order valence-electron chi connectivity index (χ2n) is 6.04. The van der Waals surface area contributed by atoms with Gasteiger partial charge in [0.25, 0.3) is 11.6 Å². The summed E-state index contributed by atoms with van der Waals surface area (Å²) < 4.78 is 0. The largest absolute Gasteiger partial charge is 0.341 e. The topological polar surface area (TPSA) is 72.2 Å². The SMILES string of the molecule is Cc1ccc([C@H](NC(=O)c2cccc([N+](=O)[O-])c2)c2ccccc2)cc1. The van der Waals surface area contributed by atoms with Crippen LogP contribution in [-0.4, -0.2) is 10.8 Å². The Morgan fingerprint density at radius 1 is 0.923 bits per heavy atom. The van der Waals surface area contributed by atoms with Crippen LogP contribution in [-0.2, 0) is 0 Å². The zero-order chi connectivity index (χ0) is 18.5. The fourth-order valence-corrected chi connectivity index (χ4v) is 2.74. The maximum Gasteiger partial charge on any atom is 0.270 e. The molecule has 0 radical (unpaired) electrons. The Hall–Kier alpha value is -3.47. The number of hydrogen-bond donors (Lipinski definition) is 1. The highest BCUT2D eigenvalue weighted by molar-refractivity contribution is 5.95. The first-order valence-electron chi connectivity index (χ1n) is 8.21. The molecule has 0 saturated carbocycles. The molecule has 5 heteroatoms. The number of hydrogen-bond acceptors (Lipinski definition) is 3. The van der Waals surface area contributed by atoms with Gasteiger partial charge in [-0.05, 0) is 24.1 Å². The van der Waals surface area contributed by atoms with Crippen LogP contribution in [0.5, 0.6) is 0 Å². The summed E-state index contributed by atoms with van der Waals surface area (Å²) in [5, 5.41) is 13.9. The molecule has 0 unspecified atom stereocenters. The molecule has 0 saturated heterocycles. The third kappa shape index (κ3) is 3.95. The normalized spacial score (nSPS) is 11.6. The molecule has 0 fully saturated rings. The first-order valence-corrected chi connectivity index (χ1v) is 8.21. The van der Waals surface area contributed by atoms with E-state index in [1.165, 1.54) is 18.2 Å². The molecule has 0 aliphatic rings. The molecule has 3 aromatic carbocycles. The molecule has 3 aromatic rings. The molecule has 1 N–H and O–H groups in total. The van der Waals surface area contributed by atoms with Gasteiger partial charge >= 0.3 is 0 Å². The average Bonchev–Trinajstić information content (AvgIpc) is 2.67. The van der Waals surface area contributed by atoms with E-state index in [2.05, 4.69) is 5.32 Å². The molecule has 0 aromatic heterocycles. The Labute approximate surface area is 151 Å². The minimum Gasteiger partial charge on any atom is -0.341 e. The smallest absolute Gasteiger partial charge is 0.270 e. The van der Waals surface area contributed by atoms with Crippen molar-refractivity contribution < 1.29 is 9.72 Å². The Balaban J connectivity index is 1.93. The van der Waals surface area contributed by atoms with Crippen LogP contribution in [0.4, 0.5) is 5.69 Å². The molecule has 0 heterocycles. The standard InChI is InChI=1S/C21H18N2O3/c1-15-10-12-17(13-11-15)20(16-6-3-2-4-7-16)22-21(24)18-8-5-9-19(14-18)23(25)26/h2-14,20H,1H3,(H,22,24)/t20-/m1/s1. The van der Waals surface area contributed by atoms with Crippen LogP contribution in [0.1, 0.15) is 33.1 Å². The Morgan fingerprint density at radius 3 is 2.23 bits per heavy atom. The summed E-state index contributed by atoms with van der Waals surface area (Å²) in [4.78, 5) is 23.1. The number of carbonyl (C=O) groups excluding carboxylic acids is 1. The van der Waals surface area contributed by atoms with Gasteiger partial charge in [0.2, 0.25) is 0 Å². The molecular formula is C21H18N2O3. The van der Waals surface area contributed by atoms with Gasteiger partial charge in [-0.1, -0.05) is 66.2 Å². The minimum atomic E-state index is -0.509. The van der Waals surface area contributed by atoms with Gasteiger partial charge in [0.1, 0.15) is 0 Å². The van der Waals surface area contributed by atoms with Crippen LogP contribution in [0.25, 0.3) is 0 Å². The van der Waals surface area contributed by atoms with Crippen molar-refractivity contribution in [3.05, 3.63) is 111 Å². The number of non-ortho nitro benzene ring substituents is 1. The highest BCUT2D eigenvalue weighted by atomic mass is 16.6. The fourth-order valence-electron chi connectivity index (χ4n) is 2.74. The second kappa shape index (κ2) is 7.61. The van der Waals surface area contributed by atoms with Gasteiger partial charge in [-0.25, -0.2) is 0 Å². The summed E-state index contributed by atoms with van der Waals surface area (Å²) >= 11 is 0. The molecule has 26 heavy (non-hydrogen) atoms. The third-order valence-corrected chi connectivity index (χ3v) is 4.14. The number of carbonyl (C=O) groups is 1. The molecule has 0 aliphatic heterocycles. The highest BCUT2D eigenvalue weighted by Crippen LogP contribution is 2.23. The monoisotopic (exact) mass is 346 g/mol. The van der Waals surface area contributed by atoms with Gasteiger partial charge in [0.15, 0.2) is 0 Å². The predicted octanol–water partition coefficient (Wildman–Crippen LogP) is 4.42. The van der Waals surface area contributed by atoms with Crippen molar-refractivity contribution in [1.29, 1.82) is 0 Å². The molecule has 1 atom stereocenters. The number of amides is 1. The van der Waals surface area contributed by atoms with Crippen LogP contribution in [0.15, 0.2) is 78.9 Å². The van der Waals surface area contributed by atoms with Crippen molar-refractivity contribution in [2.24, 2.45) is 0 Å². The summed E-state index contributed by atoms with van der Waals surface area (Å²) in [7, 11) is 0. The first kappa shape index (κ1) is 17.4. The van der Waals surface area contributed by atoms with Crippen molar-refractivity contribution in [2.45, 2.75) is 13.0 Å². The maximum atomic E-state index is 12.7. The lowest BCUT2D eigenvalue weighted by Gasteiger charge is -2.20. The third-order valence-electron chi connectivity index (χ3n) is 4.14. The number of nitrogens with one attached hydrogen (secondary N) is 1. The molecule has 0 aliphatic carbocycles. The maximum absolute atomic E-state index is 12.7. The van der Waals surface area contributed by atoms with E-state index < -0.39 is 4.92 Å². The fraction of sp³-hybridized carbons (Fsp3) is 0.0952. The summed E-state index contributed by atoms with van der Waals surface area (Å²) in [6.07, 6.45) is 0. The van der Waals surface area contributed by atoms with E-state index in [4.69, 9.17) is 0 Å². The van der Waals surface area contributed by atoms with Crippen molar-refractivity contribution in [3.8, 4) is 0 Å². The Morgan fingerprint density at radius 2 is 1.58 bits per heavy atom. The van der Waals surface area contributed by atoms with Gasteiger partial charge in [0, 0.05) is 17.7 Å². The van der Waals surface area contributed by atoms with Gasteiger partial charge in [0.05, 0.1) is 11.0 Å². The molecule has 0 bridgehead atoms. The van der Waals surface area contributed by atoms with Crippen LogP contribution >= 0.6 is 0 Å². The van der Waals surface area contributed by atoms with E-state index in [0.717, 1.165) is 16.7 Å². The van der Waals surface area contributed by atoms with E-state index in [-0.39, 0.29) is 23.2 Å². The molecule has 0 spiro atoms. The lowest BCUT2D eigenvalue weighted by molar-refractivity contribution is -0.384. The molecule has 5 nitrogen and oxygen atoms in total. The van der Waals surface area contributed by atoms with Crippen LogP contribution in [0.2, 0.25) is 0 Å². The predicted molar refractivity (Wildman–Crippen MR) is 100 cm³/mol. The molecular weight excluding hydrogens is 328 g/mol. The average molecular weight is 346 g/mol. The number of nitrogens with zero attached hydrogens (tertiary/aromatic N) is 1. The highest BCUT2D eigenvalue weighted by Gasteiger charge is 2.19. The molecule has 1 amide bonds. The van der Waals surface area contributed by atoms with Crippen LogP contribution in [0, 0.1) is 17.0 Å². The van der Waals surface area contributed by atoms with Gasteiger partial charge in [-0.3, -0.25) is 14.9 Å². The van der Waals surface area contributed by atoms with Gasteiger partial charge in [-0.2, -0.15) is 0 Å². The van der Waals surface area contributed by atoms with Crippen LogP contribution < -0.4 is 5.32 Å². The van der Waals surface area contributed by atoms with E-state index in [9.17, 15) is 14.9 Å². The van der Waals surface area contributed by atoms with E-state index >= 15 is 0 Å². The van der Waals surface area contributed by atoms with Gasteiger partial charge in [-0.15, -0.1) is 0 Å². The van der Waals surface area contributed by atoms with Crippen molar-refractivity contribution in [2.75, 3.05) is 0 Å². The lowest BCUT2D eigenvalue weighted by Crippen LogP contribution is -2.29. The zero-order valence-corrected chi connectivity index (χ0v) is 14.3. The molecule has 3 rings (SSSR count). The van der Waals surface area contributed by atoms with Crippen molar-refractivity contribution in [1.82, 2.24) is 5.32 Å². The van der Waals surface area contributed by atoms with Crippen LogP contribution in [0.3, 0.4) is 0 Å². The number of nitro benzene ring substituents is 1. The summed E-state index contributed by atoms with van der Waals surface area (Å²) in [6, 6.07) is 22.9. The summed E-state index contributed by atoms with van der Waals surface area (Å²) in [5.74, 6) is -0.358. The molecule has 130 valence electrons. The number of benzene rings is 3. The minimum absolute atomic E-state index is 0.107. The van der Waals surface area contributed by atoms with Gasteiger partial charge < -0.3 is 5.32 Å². The number of aryl methyl sites for hydroxylation is 1.